The molecule has 0 saturated heterocycles. The first-order valence-electron chi connectivity index (χ1n) is 6.54. The number of rotatable bonds is 6. The average molecular weight is 314 g/mol. The Morgan fingerprint density at radius 3 is 2.35 bits per heavy atom. The van der Waals surface area contributed by atoms with Crippen molar-refractivity contribution in [3.8, 4) is 0 Å². The topological polar surface area (TPSA) is 63.4 Å². The van der Waals surface area contributed by atoms with Crippen LogP contribution in [0.1, 0.15) is 32.8 Å². The highest BCUT2D eigenvalue weighted by Gasteiger charge is 2.28. The van der Waals surface area contributed by atoms with Crippen LogP contribution in [0.3, 0.4) is 0 Å². The summed E-state index contributed by atoms with van der Waals surface area (Å²) in [6.07, 6.45) is 0.797. The predicted molar refractivity (Wildman–Crippen MR) is 86.2 cm³/mol. The van der Waals surface area contributed by atoms with E-state index in [1.165, 1.54) is 4.31 Å². The van der Waals surface area contributed by atoms with Crippen molar-refractivity contribution in [3.05, 3.63) is 29.8 Å². The zero-order valence-corrected chi connectivity index (χ0v) is 14.0. The summed E-state index contributed by atoms with van der Waals surface area (Å²) >= 11 is 4.94. The van der Waals surface area contributed by atoms with Gasteiger partial charge in [0.05, 0.1) is 4.90 Å². The van der Waals surface area contributed by atoms with Crippen LogP contribution >= 0.6 is 12.2 Å². The summed E-state index contributed by atoms with van der Waals surface area (Å²) in [4.78, 5) is 0.264. The maximum Gasteiger partial charge on any atom is 0.243 e. The van der Waals surface area contributed by atoms with E-state index in [0.717, 1.165) is 6.42 Å². The van der Waals surface area contributed by atoms with Crippen molar-refractivity contribution in [3.63, 3.8) is 0 Å². The third kappa shape index (κ3) is 3.77. The lowest BCUT2D eigenvalue weighted by atomic mass is 10.1. The van der Waals surface area contributed by atoms with E-state index in [9.17, 15) is 8.42 Å². The largest absolute Gasteiger partial charge is 0.389 e. The van der Waals surface area contributed by atoms with Gasteiger partial charge >= 0.3 is 0 Å². The molecule has 0 saturated carbocycles. The van der Waals surface area contributed by atoms with Crippen molar-refractivity contribution < 1.29 is 8.42 Å². The molecule has 0 fully saturated rings. The zero-order chi connectivity index (χ0) is 15.5. The monoisotopic (exact) mass is 314 g/mol. The van der Waals surface area contributed by atoms with Crippen LogP contribution in [0.15, 0.2) is 29.2 Å². The Morgan fingerprint density at radius 2 is 1.85 bits per heavy atom. The molecular weight excluding hydrogens is 292 g/mol. The van der Waals surface area contributed by atoms with Crippen LogP contribution in [0, 0.1) is 5.92 Å². The van der Waals surface area contributed by atoms with Gasteiger partial charge in [0.15, 0.2) is 0 Å². The van der Waals surface area contributed by atoms with Crippen molar-refractivity contribution in [2.24, 2.45) is 11.7 Å². The highest BCUT2D eigenvalue weighted by molar-refractivity contribution is 7.89. The first-order valence-corrected chi connectivity index (χ1v) is 8.39. The fourth-order valence-electron chi connectivity index (χ4n) is 2.12. The average Bonchev–Trinajstić information content (AvgIpc) is 2.36. The zero-order valence-electron chi connectivity index (χ0n) is 12.3. The Balaban J connectivity index is 3.20. The Bertz CT molecular complexity index is 583. The van der Waals surface area contributed by atoms with Gasteiger partial charge in [-0.2, -0.15) is 4.31 Å². The second kappa shape index (κ2) is 6.65. The van der Waals surface area contributed by atoms with Gasteiger partial charge in [-0.15, -0.1) is 0 Å². The number of benzene rings is 1. The van der Waals surface area contributed by atoms with Crippen molar-refractivity contribution in [2.75, 3.05) is 7.05 Å². The Kier molecular flexibility index (Phi) is 5.68. The molecule has 0 bridgehead atoms. The van der Waals surface area contributed by atoms with E-state index in [0.29, 0.717) is 11.5 Å². The van der Waals surface area contributed by atoms with Gasteiger partial charge in [0.2, 0.25) is 10.0 Å². The van der Waals surface area contributed by atoms with Gasteiger partial charge in [-0.25, -0.2) is 8.42 Å². The molecule has 0 aliphatic carbocycles. The lowest BCUT2D eigenvalue weighted by molar-refractivity contribution is 0.338. The summed E-state index contributed by atoms with van der Waals surface area (Å²) in [5, 5.41) is 0. The highest BCUT2D eigenvalue weighted by atomic mass is 32.2. The Morgan fingerprint density at radius 1 is 1.30 bits per heavy atom. The first-order chi connectivity index (χ1) is 9.17. The van der Waals surface area contributed by atoms with E-state index in [1.54, 1.807) is 31.3 Å². The quantitative estimate of drug-likeness (QED) is 0.819. The van der Waals surface area contributed by atoms with E-state index >= 15 is 0 Å². The van der Waals surface area contributed by atoms with Gasteiger partial charge in [-0.05, 0) is 25.3 Å². The minimum Gasteiger partial charge on any atom is -0.389 e. The lowest BCUT2D eigenvalue weighted by Gasteiger charge is -2.26. The van der Waals surface area contributed by atoms with E-state index < -0.39 is 10.0 Å². The third-order valence-corrected chi connectivity index (χ3v) is 5.49. The summed E-state index contributed by atoms with van der Waals surface area (Å²) in [5.41, 5.74) is 6.01. The summed E-state index contributed by atoms with van der Waals surface area (Å²) in [7, 11) is -2.00. The Labute approximate surface area is 127 Å². The number of nitrogens with zero attached hydrogens (tertiary/aromatic N) is 1. The van der Waals surface area contributed by atoms with Crippen molar-refractivity contribution in [1.82, 2.24) is 4.31 Å². The van der Waals surface area contributed by atoms with Gasteiger partial charge in [0, 0.05) is 18.7 Å². The number of nitrogens with two attached hydrogens (primary N) is 1. The molecule has 112 valence electrons. The van der Waals surface area contributed by atoms with Crippen LogP contribution in [0.5, 0.6) is 0 Å². The van der Waals surface area contributed by atoms with Crippen molar-refractivity contribution in [2.45, 2.75) is 38.1 Å². The number of thiocarbonyl (C=S) groups is 1. The lowest BCUT2D eigenvalue weighted by Crippen LogP contribution is -2.36. The smallest absolute Gasteiger partial charge is 0.243 e. The molecule has 4 nitrogen and oxygen atoms in total. The van der Waals surface area contributed by atoms with Gasteiger partial charge in [-0.1, -0.05) is 44.3 Å². The SMILES string of the molecule is CC(C)CC(C)N(C)S(=O)(=O)c1ccccc1C(N)=S. The van der Waals surface area contributed by atoms with Crippen LogP contribution in [0.25, 0.3) is 0 Å². The van der Waals surface area contributed by atoms with E-state index in [-0.39, 0.29) is 15.9 Å². The third-order valence-electron chi connectivity index (χ3n) is 3.24. The molecule has 0 heterocycles. The minimum atomic E-state index is -3.59. The first kappa shape index (κ1) is 17.1. The molecule has 0 aliphatic rings. The summed E-state index contributed by atoms with van der Waals surface area (Å²) < 4.78 is 26.8. The minimum absolute atomic E-state index is 0.0839. The number of hydrogen-bond donors (Lipinski definition) is 1. The standard InChI is InChI=1S/C14H22N2O2S2/c1-10(2)9-11(3)16(4)20(17,18)13-8-6-5-7-12(13)14(15)19/h5-8,10-11H,9H2,1-4H3,(H2,15,19). The predicted octanol–water partition coefficient (Wildman–Crippen LogP) is 2.38. The summed E-state index contributed by atoms with van der Waals surface area (Å²) in [5.74, 6) is 0.425. The second-order valence-corrected chi connectivity index (χ2v) is 7.77. The fourth-order valence-corrected chi connectivity index (χ4v) is 3.94. The fraction of sp³-hybridized carbons (Fsp3) is 0.500. The van der Waals surface area contributed by atoms with Gasteiger partial charge in [0.1, 0.15) is 4.99 Å². The number of hydrogen-bond acceptors (Lipinski definition) is 3. The molecule has 0 spiro atoms. The normalized spacial score (nSPS) is 13.7. The van der Waals surface area contributed by atoms with Crippen LogP contribution in [0.4, 0.5) is 0 Å². The van der Waals surface area contributed by atoms with Crippen molar-refractivity contribution >= 4 is 27.2 Å². The molecule has 0 amide bonds. The van der Waals surface area contributed by atoms with Gasteiger partial charge in [-0.3, -0.25) is 0 Å². The molecule has 1 aromatic rings. The molecule has 20 heavy (non-hydrogen) atoms. The second-order valence-electron chi connectivity index (χ2n) is 5.36. The Hall–Kier alpha value is -0.980. The van der Waals surface area contributed by atoms with Gasteiger partial charge in [0.25, 0.3) is 0 Å². The molecule has 1 aromatic carbocycles. The van der Waals surface area contributed by atoms with Crippen LogP contribution in [-0.4, -0.2) is 30.8 Å². The molecule has 6 heteroatoms. The van der Waals surface area contributed by atoms with E-state index in [1.807, 2.05) is 6.92 Å². The van der Waals surface area contributed by atoms with E-state index in [2.05, 4.69) is 13.8 Å². The summed E-state index contributed by atoms with van der Waals surface area (Å²) in [6, 6.07) is 6.50. The van der Waals surface area contributed by atoms with Crippen molar-refractivity contribution in [1.29, 1.82) is 0 Å². The van der Waals surface area contributed by atoms with Crippen LogP contribution in [0.2, 0.25) is 0 Å². The van der Waals surface area contributed by atoms with Crippen LogP contribution < -0.4 is 5.73 Å². The van der Waals surface area contributed by atoms with Crippen LogP contribution in [-0.2, 0) is 10.0 Å². The maximum atomic E-state index is 12.7. The molecule has 2 N–H and O–H groups in total. The maximum absolute atomic E-state index is 12.7. The molecule has 1 atom stereocenters. The van der Waals surface area contributed by atoms with E-state index in [4.69, 9.17) is 18.0 Å². The molecule has 0 radical (unpaired) electrons. The molecule has 0 aromatic heterocycles. The molecular formula is C14H22N2O2S2. The molecule has 1 rings (SSSR count). The molecule has 0 aliphatic heterocycles. The summed E-state index contributed by atoms with van der Waals surface area (Å²) in [6.45, 7) is 6.04. The highest BCUT2D eigenvalue weighted by Crippen LogP contribution is 2.22. The number of sulfonamides is 1. The molecule has 1 unspecified atom stereocenters. The van der Waals surface area contributed by atoms with Gasteiger partial charge < -0.3 is 5.73 Å².